The van der Waals surface area contributed by atoms with Gasteiger partial charge in [-0.25, -0.2) is 14.6 Å². The van der Waals surface area contributed by atoms with Gasteiger partial charge in [-0.1, -0.05) is 13.0 Å². The highest BCUT2D eigenvalue weighted by molar-refractivity contribution is 5.88. The number of ether oxygens (including phenoxy) is 2. The van der Waals surface area contributed by atoms with Crippen LogP contribution in [0.3, 0.4) is 0 Å². The lowest BCUT2D eigenvalue weighted by Crippen LogP contribution is -2.44. The molecule has 0 aliphatic carbocycles. The molecule has 1 aromatic rings. The van der Waals surface area contributed by atoms with Crippen LogP contribution in [0, 0.1) is 0 Å². The van der Waals surface area contributed by atoms with Crippen LogP contribution >= 0.6 is 0 Å². The highest BCUT2D eigenvalue weighted by Crippen LogP contribution is 2.38. The van der Waals surface area contributed by atoms with Crippen LogP contribution in [0.25, 0.3) is 0 Å². The summed E-state index contributed by atoms with van der Waals surface area (Å²) in [6.45, 7) is 15.7. The van der Waals surface area contributed by atoms with Gasteiger partial charge in [0.15, 0.2) is 0 Å². The Bertz CT molecular complexity index is 752. The van der Waals surface area contributed by atoms with Gasteiger partial charge in [-0.15, -0.1) is 0 Å². The van der Waals surface area contributed by atoms with Gasteiger partial charge in [0.25, 0.3) is 0 Å². The van der Waals surface area contributed by atoms with Crippen molar-refractivity contribution < 1.29 is 19.1 Å². The summed E-state index contributed by atoms with van der Waals surface area (Å²) in [5, 5.41) is 0. The number of nitrogens with zero attached hydrogens (tertiary/aromatic N) is 3. The Morgan fingerprint density at radius 1 is 1.20 bits per heavy atom. The fourth-order valence-corrected chi connectivity index (χ4v) is 3.47. The molecule has 2 heterocycles. The van der Waals surface area contributed by atoms with E-state index in [9.17, 15) is 9.59 Å². The summed E-state index contributed by atoms with van der Waals surface area (Å²) in [7, 11) is 0. The van der Waals surface area contributed by atoms with Crippen LogP contribution in [0.5, 0.6) is 0 Å². The molecular weight excluding hydrogens is 382 g/mol. The van der Waals surface area contributed by atoms with Crippen molar-refractivity contribution in [1.82, 2.24) is 9.88 Å². The second-order valence-electron chi connectivity index (χ2n) is 9.86. The Kier molecular flexibility index (Phi) is 7.37. The fraction of sp³-hybridized carbons (Fsp3) is 0.696. The molecule has 1 aliphatic heterocycles. The van der Waals surface area contributed by atoms with E-state index in [1.807, 2.05) is 67.5 Å². The molecule has 0 N–H and O–H groups in total. The number of aromatic nitrogens is 1. The van der Waals surface area contributed by atoms with Crippen molar-refractivity contribution in [2.24, 2.45) is 0 Å². The number of carbonyl (C=O) groups is 2. The van der Waals surface area contributed by atoms with Crippen LogP contribution in [-0.4, -0.2) is 45.9 Å². The Labute approximate surface area is 180 Å². The molecule has 2 rings (SSSR count). The first-order chi connectivity index (χ1) is 13.8. The van der Waals surface area contributed by atoms with Gasteiger partial charge in [0.2, 0.25) is 0 Å². The molecule has 0 bridgehead atoms. The molecule has 0 aromatic carbocycles. The van der Waals surface area contributed by atoms with Crippen molar-refractivity contribution in [3.8, 4) is 0 Å². The lowest BCUT2D eigenvalue weighted by molar-refractivity contribution is 0.0224. The van der Waals surface area contributed by atoms with Crippen LogP contribution in [0.1, 0.15) is 86.3 Å². The number of amides is 2. The molecule has 2 atom stereocenters. The molecule has 30 heavy (non-hydrogen) atoms. The van der Waals surface area contributed by atoms with Gasteiger partial charge in [-0.05, 0) is 73.8 Å². The Hall–Kier alpha value is -2.31. The second kappa shape index (κ2) is 9.23. The smallest absolute Gasteiger partial charge is 0.416 e. The van der Waals surface area contributed by atoms with E-state index in [2.05, 4.69) is 4.98 Å². The van der Waals surface area contributed by atoms with E-state index in [0.717, 1.165) is 24.8 Å². The molecule has 1 aromatic heterocycles. The molecule has 0 unspecified atom stereocenters. The number of rotatable bonds is 4. The zero-order chi connectivity index (χ0) is 22.7. The number of carbonyl (C=O) groups excluding carboxylic acids is 2. The first-order valence-corrected chi connectivity index (χ1v) is 10.8. The molecular formula is C23H37N3O4. The van der Waals surface area contributed by atoms with Crippen molar-refractivity contribution in [3.63, 3.8) is 0 Å². The van der Waals surface area contributed by atoms with Crippen molar-refractivity contribution in [2.45, 2.75) is 97.9 Å². The summed E-state index contributed by atoms with van der Waals surface area (Å²) >= 11 is 0. The summed E-state index contributed by atoms with van der Waals surface area (Å²) in [4.78, 5) is 33.8. The van der Waals surface area contributed by atoms with Gasteiger partial charge < -0.3 is 14.4 Å². The lowest BCUT2D eigenvalue weighted by Gasteiger charge is -2.34. The quantitative estimate of drug-likeness (QED) is 0.626. The van der Waals surface area contributed by atoms with Crippen molar-refractivity contribution in [3.05, 3.63) is 23.9 Å². The second-order valence-corrected chi connectivity index (χ2v) is 9.86. The van der Waals surface area contributed by atoms with Gasteiger partial charge in [0.1, 0.15) is 17.0 Å². The van der Waals surface area contributed by atoms with Crippen LogP contribution < -0.4 is 4.90 Å². The molecule has 168 valence electrons. The SMILES string of the molecule is CC[C@@H](C)N(C(=O)OC(C)(C)C)c1ncccc1[C@H]1CCCN1C(=O)OC(C)(C)C. The number of likely N-dealkylation sites (tertiary alicyclic amines) is 1. The summed E-state index contributed by atoms with van der Waals surface area (Å²) in [5.74, 6) is 0.543. The largest absolute Gasteiger partial charge is 0.444 e. The van der Waals surface area contributed by atoms with Crippen molar-refractivity contribution >= 4 is 18.0 Å². The summed E-state index contributed by atoms with van der Waals surface area (Å²) in [5.41, 5.74) is -0.346. The highest BCUT2D eigenvalue weighted by atomic mass is 16.6. The van der Waals surface area contributed by atoms with E-state index in [0.29, 0.717) is 12.4 Å². The fourth-order valence-electron chi connectivity index (χ4n) is 3.47. The molecule has 0 spiro atoms. The standard InChI is InChI=1S/C23H37N3O4/c1-9-16(2)26(21(28)30-23(6,7)8)19-17(12-10-14-24-19)18-13-11-15-25(18)20(27)29-22(3,4)5/h10,12,14,16,18H,9,11,13,15H2,1-8H3/t16-,18-/m1/s1. The lowest BCUT2D eigenvalue weighted by atomic mass is 10.0. The zero-order valence-electron chi connectivity index (χ0n) is 19.7. The molecule has 0 saturated carbocycles. The molecule has 1 aliphatic rings. The maximum absolute atomic E-state index is 13.1. The number of hydrogen-bond donors (Lipinski definition) is 0. The third-order valence-electron chi connectivity index (χ3n) is 4.91. The van der Waals surface area contributed by atoms with E-state index in [1.165, 1.54) is 0 Å². The molecule has 1 saturated heterocycles. The average Bonchev–Trinajstić information content (AvgIpc) is 3.09. The molecule has 1 fully saturated rings. The van der Waals surface area contributed by atoms with Gasteiger partial charge in [0, 0.05) is 24.3 Å². The predicted molar refractivity (Wildman–Crippen MR) is 118 cm³/mol. The van der Waals surface area contributed by atoms with Crippen LogP contribution in [0.4, 0.5) is 15.4 Å². The topological polar surface area (TPSA) is 72.0 Å². The van der Waals surface area contributed by atoms with E-state index in [-0.39, 0.29) is 18.2 Å². The Morgan fingerprint density at radius 3 is 2.40 bits per heavy atom. The number of hydrogen-bond acceptors (Lipinski definition) is 5. The average molecular weight is 420 g/mol. The van der Waals surface area contributed by atoms with Crippen molar-refractivity contribution in [1.29, 1.82) is 0 Å². The van der Waals surface area contributed by atoms with Crippen LogP contribution in [0.2, 0.25) is 0 Å². The van der Waals surface area contributed by atoms with Gasteiger partial charge in [-0.3, -0.25) is 4.90 Å². The third-order valence-corrected chi connectivity index (χ3v) is 4.91. The summed E-state index contributed by atoms with van der Waals surface area (Å²) in [6, 6.07) is 3.48. The first kappa shape index (κ1) is 24.0. The maximum atomic E-state index is 13.1. The van der Waals surface area contributed by atoms with E-state index in [4.69, 9.17) is 9.47 Å². The van der Waals surface area contributed by atoms with Gasteiger partial charge in [-0.2, -0.15) is 0 Å². The molecule has 0 radical (unpaired) electrons. The Morgan fingerprint density at radius 2 is 1.83 bits per heavy atom. The normalized spacial score (nSPS) is 18.1. The van der Waals surface area contributed by atoms with Crippen molar-refractivity contribution in [2.75, 3.05) is 11.4 Å². The number of pyridine rings is 1. The zero-order valence-corrected chi connectivity index (χ0v) is 19.7. The monoisotopic (exact) mass is 419 g/mol. The Balaban J connectivity index is 2.43. The molecule has 2 amide bonds. The third kappa shape index (κ3) is 6.09. The highest BCUT2D eigenvalue weighted by Gasteiger charge is 2.37. The minimum atomic E-state index is -0.617. The van der Waals surface area contributed by atoms with E-state index < -0.39 is 17.3 Å². The van der Waals surface area contributed by atoms with E-state index in [1.54, 1.807) is 16.0 Å². The van der Waals surface area contributed by atoms with Gasteiger partial charge >= 0.3 is 12.2 Å². The summed E-state index contributed by atoms with van der Waals surface area (Å²) in [6.07, 6.45) is 3.31. The summed E-state index contributed by atoms with van der Waals surface area (Å²) < 4.78 is 11.3. The first-order valence-electron chi connectivity index (χ1n) is 10.8. The van der Waals surface area contributed by atoms with E-state index >= 15 is 0 Å². The van der Waals surface area contributed by atoms with Crippen LogP contribution in [-0.2, 0) is 9.47 Å². The maximum Gasteiger partial charge on any atom is 0.416 e. The molecule has 7 heteroatoms. The minimum absolute atomic E-state index is 0.107. The molecule has 7 nitrogen and oxygen atoms in total. The minimum Gasteiger partial charge on any atom is -0.444 e. The van der Waals surface area contributed by atoms with Crippen LogP contribution in [0.15, 0.2) is 18.3 Å². The van der Waals surface area contributed by atoms with Gasteiger partial charge in [0.05, 0.1) is 6.04 Å². The predicted octanol–water partition coefficient (Wildman–Crippen LogP) is 5.69. The number of anilines is 1.